The maximum Gasteiger partial charge on any atom is 0.191 e. The number of fused-ring (bicyclic) bond motifs is 2. The van der Waals surface area contributed by atoms with Gasteiger partial charge in [0, 0.05) is 17.6 Å². The van der Waals surface area contributed by atoms with Crippen molar-refractivity contribution in [2.24, 2.45) is 4.99 Å². The molecule has 0 amide bonds. The van der Waals surface area contributed by atoms with Crippen molar-refractivity contribution in [1.29, 1.82) is 0 Å². The largest absolute Gasteiger partial charge is 0.373 e. The van der Waals surface area contributed by atoms with E-state index in [9.17, 15) is 4.39 Å². The zero-order chi connectivity index (χ0) is 16.2. The minimum Gasteiger partial charge on any atom is -0.373 e. The summed E-state index contributed by atoms with van der Waals surface area (Å²) in [4.78, 5) is 4.58. The zero-order valence-electron chi connectivity index (χ0n) is 13.3. The summed E-state index contributed by atoms with van der Waals surface area (Å²) in [5.74, 6) is 0.618. The smallest absolute Gasteiger partial charge is 0.191 e. The molecule has 0 saturated carbocycles. The maximum absolute atomic E-state index is 13.8. The van der Waals surface area contributed by atoms with E-state index in [0.29, 0.717) is 36.8 Å². The number of rotatable bonds is 5. The number of nitrogens with one attached hydrogen (secondary N) is 2. The number of ether oxygens (including phenoxy) is 1. The van der Waals surface area contributed by atoms with Crippen LogP contribution in [0.1, 0.15) is 31.7 Å². The molecule has 2 N–H and O–H groups in total. The van der Waals surface area contributed by atoms with E-state index in [1.165, 1.54) is 12.5 Å². The number of hydrogen-bond donors (Lipinski definition) is 2. The maximum atomic E-state index is 13.8. The number of benzene rings is 1. The lowest BCUT2D eigenvalue weighted by Crippen LogP contribution is -2.47. The van der Waals surface area contributed by atoms with Gasteiger partial charge in [0.05, 0.1) is 18.2 Å². The van der Waals surface area contributed by atoms with Crippen molar-refractivity contribution < 1.29 is 9.13 Å². The van der Waals surface area contributed by atoms with Crippen LogP contribution < -0.4 is 10.6 Å². The van der Waals surface area contributed by atoms with Crippen LogP contribution in [-0.2, 0) is 11.2 Å². The Hall–Kier alpha value is -1.14. The number of halogens is 2. The summed E-state index contributed by atoms with van der Waals surface area (Å²) in [6, 6.07) is 5.35. The Kier molecular flexibility index (Phi) is 5.54. The third kappa shape index (κ3) is 4.23. The summed E-state index contributed by atoms with van der Waals surface area (Å²) in [6.45, 7) is 3.39. The molecule has 1 aromatic rings. The zero-order valence-corrected chi connectivity index (χ0v) is 14.9. The van der Waals surface area contributed by atoms with Gasteiger partial charge in [0.2, 0.25) is 0 Å². The molecular formula is C17H23BrFN3O. The van der Waals surface area contributed by atoms with Gasteiger partial charge in [-0.3, -0.25) is 4.99 Å². The van der Waals surface area contributed by atoms with Gasteiger partial charge in [-0.15, -0.1) is 0 Å². The van der Waals surface area contributed by atoms with Crippen LogP contribution in [0.25, 0.3) is 0 Å². The lowest BCUT2D eigenvalue weighted by Gasteiger charge is -2.22. The summed E-state index contributed by atoms with van der Waals surface area (Å²) < 4.78 is 20.5. The molecule has 4 nitrogen and oxygen atoms in total. The molecule has 2 heterocycles. The van der Waals surface area contributed by atoms with E-state index in [-0.39, 0.29) is 5.82 Å². The Morgan fingerprint density at radius 1 is 1.43 bits per heavy atom. The van der Waals surface area contributed by atoms with Gasteiger partial charge in [0.15, 0.2) is 5.96 Å². The number of hydrogen-bond acceptors (Lipinski definition) is 2. The third-order valence-electron chi connectivity index (χ3n) is 4.43. The lowest BCUT2D eigenvalue weighted by atomic mass is 9.96. The molecule has 2 saturated heterocycles. The molecule has 6 heteroatoms. The first-order chi connectivity index (χ1) is 11.2. The van der Waals surface area contributed by atoms with Crippen LogP contribution in [-0.4, -0.2) is 37.3 Å². The highest BCUT2D eigenvalue weighted by molar-refractivity contribution is 9.10. The third-order valence-corrected chi connectivity index (χ3v) is 4.92. The van der Waals surface area contributed by atoms with Gasteiger partial charge in [0.1, 0.15) is 5.82 Å². The summed E-state index contributed by atoms with van der Waals surface area (Å²) >= 11 is 3.38. The molecule has 2 fully saturated rings. The predicted molar refractivity (Wildman–Crippen MR) is 93.2 cm³/mol. The molecule has 126 valence electrons. The second kappa shape index (κ2) is 7.62. The Balaban J connectivity index is 1.57. The average molecular weight is 384 g/mol. The normalized spacial score (nSPS) is 26.6. The van der Waals surface area contributed by atoms with Crippen LogP contribution >= 0.6 is 15.9 Å². The van der Waals surface area contributed by atoms with Crippen molar-refractivity contribution in [3.8, 4) is 0 Å². The van der Waals surface area contributed by atoms with E-state index in [0.717, 1.165) is 29.8 Å². The average Bonchev–Trinajstić information content (AvgIpc) is 3.13. The molecule has 3 unspecified atom stereocenters. The van der Waals surface area contributed by atoms with E-state index in [2.05, 4.69) is 31.6 Å². The van der Waals surface area contributed by atoms with Gasteiger partial charge in [-0.2, -0.15) is 0 Å². The van der Waals surface area contributed by atoms with Crippen LogP contribution in [0.5, 0.6) is 0 Å². The standard InChI is InChI=1S/C17H23BrFN3O/c1-2-20-17(22-15-10-13-4-6-16(15)23-13)21-8-7-11-9-12(18)3-5-14(11)19/h3,5,9,13,15-16H,2,4,6-8,10H2,1H3,(H2,20,21,22). The monoisotopic (exact) mass is 383 g/mol. The van der Waals surface area contributed by atoms with Crippen LogP contribution in [0, 0.1) is 5.82 Å². The van der Waals surface area contributed by atoms with Gasteiger partial charge in [-0.1, -0.05) is 15.9 Å². The second-order valence-electron chi connectivity index (χ2n) is 6.11. The van der Waals surface area contributed by atoms with E-state index in [1.54, 1.807) is 6.07 Å². The quantitative estimate of drug-likeness (QED) is 0.606. The summed E-state index contributed by atoms with van der Waals surface area (Å²) in [6.07, 6.45) is 4.66. The van der Waals surface area contributed by atoms with Gasteiger partial charge < -0.3 is 15.4 Å². The minimum atomic E-state index is -0.178. The van der Waals surface area contributed by atoms with E-state index >= 15 is 0 Å². The molecule has 2 bridgehead atoms. The molecule has 0 aliphatic carbocycles. The van der Waals surface area contributed by atoms with Crippen molar-refractivity contribution in [1.82, 2.24) is 10.6 Å². The van der Waals surface area contributed by atoms with E-state index in [1.807, 2.05) is 13.0 Å². The number of guanidine groups is 1. The molecule has 0 spiro atoms. The van der Waals surface area contributed by atoms with Crippen molar-refractivity contribution in [3.05, 3.63) is 34.1 Å². The molecule has 3 atom stereocenters. The highest BCUT2D eigenvalue weighted by Crippen LogP contribution is 2.34. The van der Waals surface area contributed by atoms with Gasteiger partial charge >= 0.3 is 0 Å². The number of nitrogens with zero attached hydrogens (tertiary/aromatic N) is 1. The topological polar surface area (TPSA) is 45.7 Å². The van der Waals surface area contributed by atoms with Crippen LogP contribution in [0.15, 0.2) is 27.7 Å². The van der Waals surface area contributed by atoms with E-state index in [4.69, 9.17) is 4.74 Å². The molecule has 2 aliphatic rings. The molecule has 2 aliphatic heterocycles. The second-order valence-corrected chi connectivity index (χ2v) is 7.02. The Morgan fingerprint density at radius 2 is 2.30 bits per heavy atom. The van der Waals surface area contributed by atoms with Crippen LogP contribution in [0.3, 0.4) is 0 Å². The summed E-state index contributed by atoms with van der Waals surface area (Å²) in [5, 5.41) is 6.73. The highest BCUT2D eigenvalue weighted by atomic mass is 79.9. The predicted octanol–water partition coefficient (Wildman–Crippen LogP) is 3.01. The fourth-order valence-corrected chi connectivity index (χ4v) is 3.72. The Labute approximate surface area is 145 Å². The lowest BCUT2D eigenvalue weighted by molar-refractivity contribution is 0.0992. The molecule has 1 aromatic carbocycles. The number of aliphatic imine (C=N–C) groups is 1. The van der Waals surface area contributed by atoms with Crippen molar-refractivity contribution >= 4 is 21.9 Å². The van der Waals surface area contributed by atoms with Crippen LogP contribution in [0.2, 0.25) is 0 Å². The molecule has 3 rings (SSSR count). The SMILES string of the molecule is CCNC(=NCCc1cc(Br)ccc1F)NC1CC2CCC1O2. The van der Waals surface area contributed by atoms with E-state index < -0.39 is 0 Å². The Morgan fingerprint density at radius 3 is 3.00 bits per heavy atom. The highest BCUT2D eigenvalue weighted by Gasteiger charge is 2.41. The minimum absolute atomic E-state index is 0.178. The first-order valence-electron chi connectivity index (χ1n) is 8.30. The van der Waals surface area contributed by atoms with Crippen molar-refractivity contribution in [2.75, 3.05) is 13.1 Å². The van der Waals surface area contributed by atoms with Crippen molar-refractivity contribution in [2.45, 2.75) is 50.9 Å². The van der Waals surface area contributed by atoms with Gasteiger partial charge in [-0.25, -0.2) is 4.39 Å². The molecule has 0 aromatic heterocycles. The fraction of sp³-hybridized carbons (Fsp3) is 0.588. The summed E-state index contributed by atoms with van der Waals surface area (Å²) in [5.41, 5.74) is 0.683. The van der Waals surface area contributed by atoms with Crippen LogP contribution in [0.4, 0.5) is 4.39 Å². The fourth-order valence-electron chi connectivity index (χ4n) is 3.31. The summed E-state index contributed by atoms with van der Waals surface area (Å²) in [7, 11) is 0. The first kappa shape index (κ1) is 16.7. The molecule has 23 heavy (non-hydrogen) atoms. The van der Waals surface area contributed by atoms with Gasteiger partial charge in [-0.05, 0) is 56.4 Å². The van der Waals surface area contributed by atoms with Gasteiger partial charge in [0.25, 0.3) is 0 Å². The Bertz CT molecular complexity index is 581. The molecular weight excluding hydrogens is 361 g/mol. The van der Waals surface area contributed by atoms with Crippen molar-refractivity contribution in [3.63, 3.8) is 0 Å². The molecule has 0 radical (unpaired) electrons. The first-order valence-corrected chi connectivity index (χ1v) is 9.09.